The summed E-state index contributed by atoms with van der Waals surface area (Å²) in [6, 6.07) is 2.58. The molecule has 132 valence electrons. The Kier molecular flexibility index (Phi) is 4.31. The van der Waals surface area contributed by atoms with Gasteiger partial charge in [0.2, 0.25) is 0 Å². The van der Waals surface area contributed by atoms with Gasteiger partial charge in [0.25, 0.3) is 5.91 Å². The summed E-state index contributed by atoms with van der Waals surface area (Å²) in [4.78, 5) is 12.3. The van der Waals surface area contributed by atoms with Crippen molar-refractivity contribution in [3.8, 4) is 0 Å². The van der Waals surface area contributed by atoms with Gasteiger partial charge < -0.3 is 5.32 Å². The van der Waals surface area contributed by atoms with Crippen LogP contribution in [0.4, 0.5) is 27.6 Å². The number of aryl methyl sites for hydroxylation is 1. The number of nitrogens with zero attached hydrogens (tertiary/aromatic N) is 2. The van der Waals surface area contributed by atoms with Gasteiger partial charge in [-0.1, -0.05) is 0 Å². The standard InChI is InChI=1S/C14H7BrF5N3OS/c1-23-13-6(11(22-23)14(18,19)20)4-9(25-13)12(24)21-10-7(15)2-5(16)3-8(10)17/h2-4H,1H3,(H,21,24). The van der Waals surface area contributed by atoms with Gasteiger partial charge in [-0.05, 0) is 28.1 Å². The van der Waals surface area contributed by atoms with Crippen molar-refractivity contribution in [1.29, 1.82) is 0 Å². The molecule has 0 aliphatic carbocycles. The second-order valence-corrected chi connectivity index (χ2v) is 6.88. The van der Waals surface area contributed by atoms with E-state index in [2.05, 4.69) is 26.3 Å². The molecule has 0 saturated heterocycles. The van der Waals surface area contributed by atoms with Crippen molar-refractivity contribution >= 4 is 49.1 Å². The van der Waals surface area contributed by atoms with Crippen LogP contribution < -0.4 is 5.32 Å². The number of hydrogen-bond acceptors (Lipinski definition) is 3. The lowest BCUT2D eigenvalue weighted by atomic mass is 10.2. The van der Waals surface area contributed by atoms with E-state index < -0.39 is 29.4 Å². The Morgan fingerprint density at radius 3 is 2.56 bits per heavy atom. The fraction of sp³-hybridized carbons (Fsp3) is 0.143. The smallest absolute Gasteiger partial charge is 0.318 e. The fourth-order valence-electron chi connectivity index (χ4n) is 2.20. The first kappa shape index (κ1) is 17.8. The summed E-state index contributed by atoms with van der Waals surface area (Å²) in [6.07, 6.45) is -4.67. The zero-order valence-corrected chi connectivity index (χ0v) is 14.6. The maximum absolute atomic E-state index is 13.8. The molecule has 11 heteroatoms. The molecule has 1 N–H and O–H groups in total. The van der Waals surface area contributed by atoms with Crippen LogP contribution in [-0.2, 0) is 13.2 Å². The van der Waals surface area contributed by atoms with Crippen LogP contribution in [0.3, 0.4) is 0 Å². The SMILES string of the molecule is Cn1nc(C(F)(F)F)c2cc(C(=O)Nc3c(F)cc(F)cc3Br)sc21. The number of rotatable bonds is 2. The van der Waals surface area contributed by atoms with Gasteiger partial charge in [0, 0.05) is 23.0 Å². The average Bonchev–Trinajstić information content (AvgIpc) is 3.03. The molecule has 0 atom stereocenters. The van der Waals surface area contributed by atoms with Crippen molar-refractivity contribution in [3.63, 3.8) is 0 Å². The predicted octanol–water partition coefficient (Wildman–Crippen LogP) is 4.95. The highest BCUT2D eigenvalue weighted by atomic mass is 79.9. The molecule has 4 nitrogen and oxygen atoms in total. The number of thiophene rings is 1. The highest BCUT2D eigenvalue weighted by Gasteiger charge is 2.37. The number of hydrogen-bond donors (Lipinski definition) is 1. The van der Waals surface area contributed by atoms with Gasteiger partial charge in [-0.2, -0.15) is 18.3 Å². The Hall–Kier alpha value is -2.01. The number of carbonyl (C=O) groups is 1. The minimum atomic E-state index is -4.67. The molecule has 0 saturated carbocycles. The van der Waals surface area contributed by atoms with E-state index in [0.717, 1.165) is 28.2 Å². The van der Waals surface area contributed by atoms with Gasteiger partial charge >= 0.3 is 6.18 Å². The first-order chi connectivity index (χ1) is 11.6. The highest BCUT2D eigenvalue weighted by Crippen LogP contribution is 2.37. The Morgan fingerprint density at radius 2 is 1.96 bits per heavy atom. The van der Waals surface area contributed by atoms with E-state index in [-0.39, 0.29) is 25.3 Å². The first-order valence-electron chi connectivity index (χ1n) is 6.57. The van der Waals surface area contributed by atoms with Gasteiger partial charge in [0.1, 0.15) is 10.6 Å². The lowest BCUT2D eigenvalue weighted by molar-refractivity contribution is -0.140. The van der Waals surface area contributed by atoms with E-state index >= 15 is 0 Å². The Labute approximate surface area is 149 Å². The van der Waals surface area contributed by atoms with Crippen molar-refractivity contribution in [3.05, 3.63) is 44.9 Å². The van der Waals surface area contributed by atoms with Crippen LogP contribution in [0.2, 0.25) is 0 Å². The molecule has 1 aromatic carbocycles. The van der Waals surface area contributed by atoms with E-state index in [9.17, 15) is 26.7 Å². The molecule has 0 fully saturated rings. The third kappa shape index (κ3) is 3.25. The summed E-state index contributed by atoms with van der Waals surface area (Å²) in [5, 5.41) is 5.41. The van der Waals surface area contributed by atoms with Gasteiger partial charge in [0.15, 0.2) is 11.5 Å². The molecule has 0 aliphatic rings. The normalized spacial score (nSPS) is 12.0. The van der Waals surface area contributed by atoms with Crippen LogP contribution in [0, 0.1) is 11.6 Å². The maximum atomic E-state index is 13.8. The molecule has 3 rings (SSSR count). The molecule has 0 bridgehead atoms. The summed E-state index contributed by atoms with van der Waals surface area (Å²) in [5.41, 5.74) is -1.41. The van der Waals surface area contributed by atoms with Gasteiger partial charge in [-0.25, -0.2) is 8.78 Å². The lowest BCUT2D eigenvalue weighted by Gasteiger charge is -2.07. The first-order valence-corrected chi connectivity index (χ1v) is 8.18. The lowest BCUT2D eigenvalue weighted by Crippen LogP contribution is -2.12. The molecule has 1 amide bonds. The zero-order valence-electron chi connectivity index (χ0n) is 12.2. The second-order valence-electron chi connectivity index (χ2n) is 5.00. The number of fused-ring (bicyclic) bond motifs is 1. The molecule has 2 heterocycles. The van der Waals surface area contributed by atoms with Crippen molar-refractivity contribution < 1.29 is 26.7 Å². The number of amides is 1. The Balaban J connectivity index is 1.99. The molecule has 0 unspecified atom stereocenters. The van der Waals surface area contributed by atoms with E-state index in [1.807, 2.05) is 0 Å². The van der Waals surface area contributed by atoms with Crippen molar-refractivity contribution in [2.45, 2.75) is 6.18 Å². The average molecular weight is 440 g/mol. The van der Waals surface area contributed by atoms with Crippen molar-refractivity contribution in [2.75, 3.05) is 5.32 Å². The molecular weight excluding hydrogens is 433 g/mol. The number of carbonyl (C=O) groups excluding carboxylic acids is 1. The van der Waals surface area contributed by atoms with Crippen LogP contribution >= 0.6 is 27.3 Å². The number of alkyl halides is 3. The monoisotopic (exact) mass is 439 g/mol. The van der Waals surface area contributed by atoms with Crippen LogP contribution in [0.5, 0.6) is 0 Å². The zero-order chi connectivity index (χ0) is 18.5. The van der Waals surface area contributed by atoms with Crippen LogP contribution in [0.1, 0.15) is 15.4 Å². The number of anilines is 1. The van der Waals surface area contributed by atoms with E-state index in [4.69, 9.17) is 0 Å². The van der Waals surface area contributed by atoms with Crippen molar-refractivity contribution in [2.24, 2.45) is 7.05 Å². The second kappa shape index (κ2) is 6.06. The fourth-order valence-corrected chi connectivity index (χ4v) is 3.67. The quantitative estimate of drug-likeness (QED) is 0.574. The Bertz CT molecular complexity index is 971. The summed E-state index contributed by atoms with van der Waals surface area (Å²) in [6.45, 7) is 0. The van der Waals surface area contributed by atoms with Crippen LogP contribution in [0.25, 0.3) is 10.2 Å². The largest absolute Gasteiger partial charge is 0.435 e. The van der Waals surface area contributed by atoms with Crippen molar-refractivity contribution in [1.82, 2.24) is 9.78 Å². The van der Waals surface area contributed by atoms with E-state index in [1.54, 1.807) is 0 Å². The molecule has 3 aromatic rings. The summed E-state index contributed by atoms with van der Waals surface area (Å²) in [5.74, 6) is -2.68. The highest BCUT2D eigenvalue weighted by molar-refractivity contribution is 9.10. The molecule has 25 heavy (non-hydrogen) atoms. The Morgan fingerprint density at radius 1 is 1.28 bits per heavy atom. The number of nitrogens with one attached hydrogen (secondary N) is 1. The molecule has 2 aromatic heterocycles. The summed E-state index contributed by atoms with van der Waals surface area (Å²) >= 11 is 3.70. The molecule has 0 radical (unpaired) electrons. The predicted molar refractivity (Wildman–Crippen MR) is 85.6 cm³/mol. The van der Waals surface area contributed by atoms with Gasteiger partial charge in [-0.3, -0.25) is 9.48 Å². The third-order valence-electron chi connectivity index (χ3n) is 3.25. The van der Waals surface area contributed by atoms with Gasteiger partial charge in [-0.15, -0.1) is 11.3 Å². The maximum Gasteiger partial charge on any atom is 0.435 e. The minimum absolute atomic E-state index is 0.0305. The van der Waals surface area contributed by atoms with Gasteiger partial charge in [0.05, 0.1) is 10.6 Å². The topological polar surface area (TPSA) is 46.9 Å². The number of aromatic nitrogens is 2. The summed E-state index contributed by atoms with van der Waals surface area (Å²) in [7, 11) is 1.33. The molecular formula is C14H7BrF5N3OS. The molecule has 0 spiro atoms. The number of halogens is 6. The number of benzene rings is 1. The van der Waals surface area contributed by atoms with E-state index in [0.29, 0.717) is 6.07 Å². The molecule has 0 aliphatic heterocycles. The van der Waals surface area contributed by atoms with Crippen LogP contribution in [-0.4, -0.2) is 15.7 Å². The third-order valence-corrected chi connectivity index (χ3v) is 5.08. The summed E-state index contributed by atoms with van der Waals surface area (Å²) < 4.78 is 66.7. The van der Waals surface area contributed by atoms with E-state index in [1.165, 1.54) is 7.05 Å². The van der Waals surface area contributed by atoms with Crippen LogP contribution in [0.15, 0.2) is 22.7 Å². The minimum Gasteiger partial charge on any atom is -0.318 e.